The summed E-state index contributed by atoms with van der Waals surface area (Å²) in [4.78, 5) is 12.0. The van der Waals surface area contributed by atoms with Crippen molar-refractivity contribution in [1.29, 1.82) is 0 Å². The van der Waals surface area contributed by atoms with Crippen molar-refractivity contribution in [3.8, 4) is 0 Å². The first kappa shape index (κ1) is 18.7. The van der Waals surface area contributed by atoms with Crippen LogP contribution < -0.4 is 5.32 Å². The van der Waals surface area contributed by atoms with Gasteiger partial charge in [-0.3, -0.25) is 4.79 Å². The first-order valence-electron chi connectivity index (χ1n) is 7.71. The third kappa shape index (κ3) is 5.44. The van der Waals surface area contributed by atoms with Crippen LogP contribution in [0.1, 0.15) is 52.0 Å². The van der Waals surface area contributed by atoms with E-state index in [-0.39, 0.29) is 24.1 Å². The van der Waals surface area contributed by atoms with Crippen LogP contribution in [0.15, 0.2) is 30.3 Å². The molecule has 0 spiro atoms. The van der Waals surface area contributed by atoms with Gasteiger partial charge in [0.25, 0.3) is 0 Å². The minimum atomic E-state index is -3.19. The molecule has 1 unspecified atom stereocenters. The van der Waals surface area contributed by atoms with E-state index in [4.69, 9.17) is 0 Å². The Bertz CT molecular complexity index is 574. The van der Waals surface area contributed by atoms with Crippen LogP contribution in [0.25, 0.3) is 0 Å². The van der Waals surface area contributed by atoms with Crippen molar-refractivity contribution in [2.75, 3.05) is 12.3 Å². The summed E-state index contributed by atoms with van der Waals surface area (Å²) in [6.45, 7) is 7.24. The number of rotatable bonds is 7. The maximum atomic E-state index is 12.0. The largest absolute Gasteiger partial charge is 0.355 e. The number of carbonyl (C=O) groups is 1. The molecule has 0 aliphatic carbocycles. The zero-order chi connectivity index (χ0) is 16.8. The van der Waals surface area contributed by atoms with E-state index in [1.165, 1.54) is 0 Å². The van der Waals surface area contributed by atoms with Crippen LogP contribution in [0.5, 0.6) is 0 Å². The van der Waals surface area contributed by atoms with E-state index in [1.807, 2.05) is 30.3 Å². The summed E-state index contributed by atoms with van der Waals surface area (Å²) in [5, 5.41) is 2.73. The lowest BCUT2D eigenvalue weighted by atomic mass is 9.93. The summed E-state index contributed by atoms with van der Waals surface area (Å²) in [6.07, 6.45) is 1.26. The van der Waals surface area contributed by atoms with Crippen LogP contribution in [0.2, 0.25) is 0 Å². The third-order valence-corrected chi connectivity index (χ3v) is 6.43. The zero-order valence-corrected chi connectivity index (χ0v) is 14.7. The predicted molar refractivity (Wildman–Crippen MR) is 90.6 cm³/mol. The van der Waals surface area contributed by atoms with E-state index >= 15 is 0 Å². The molecule has 1 rings (SSSR count). The van der Waals surface area contributed by atoms with Crippen molar-refractivity contribution < 1.29 is 13.2 Å². The van der Waals surface area contributed by atoms with Crippen molar-refractivity contribution in [3.05, 3.63) is 35.9 Å². The number of benzene rings is 1. The minimum absolute atomic E-state index is 0.0234. The van der Waals surface area contributed by atoms with Gasteiger partial charge in [0, 0.05) is 13.0 Å². The van der Waals surface area contributed by atoms with E-state index in [2.05, 4.69) is 12.2 Å². The quantitative estimate of drug-likeness (QED) is 0.838. The summed E-state index contributed by atoms with van der Waals surface area (Å²) >= 11 is 0. The summed E-state index contributed by atoms with van der Waals surface area (Å²) in [5.41, 5.74) is 1.14. The van der Waals surface area contributed by atoms with Crippen molar-refractivity contribution in [3.63, 3.8) is 0 Å². The molecule has 1 N–H and O–H groups in total. The van der Waals surface area contributed by atoms with Gasteiger partial charge in [0.2, 0.25) is 5.91 Å². The molecule has 1 amide bonds. The van der Waals surface area contributed by atoms with Gasteiger partial charge in [-0.15, -0.1) is 0 Å². The lowest BCUT2D eigenvalue weighted by molar-refractivity contribution is -0.121. The zero-order valence-electron chi connectivity index (χ0n) is 13.9. The highest BCUT2D eigenvalue weighted by molar-refractivity contribution is 7.92. The molecular formula is C17H27NO3S. The second-order valence-electron chi connectivity index (χ2n) is 6.50. The fraction of sp³-hybridized carbons (Fsp3) is 0.588. The van der Waals surface area contributed by atoms with Crippen LogP contribution in [-0.2, 0) is 14.6 Å². The molecule has 1 aromatic rings. The van der Waals surface area contributed by atoms with Gasteiger partial charge in [-0.1, -0.05) is 37.3 Å². The molecule has 5 heteroatoms. The first-order chi connectivity index (χ1) is 10.2. The van der Waals surface area contributed by atoms with E-state index < -0.39 is 14.6 Å². The molecule has 0 fully saturated rings. The summed E-state index contributed by atoms with van der Waals surface area (Å²) in [5.74, 6) is 0.0462. The lowest BCUT2D eigenvalue weighted by Gasteiger charge is -2.19. The molecule has 0 radical (unpaired) electrons. The van der Waals surface area contributed by atoms with Crippen LogP contribution in [0, 0.1) is 0 Å². The Balaban J connectivity index is 2.50. The third-order valence-electron chi connectivity index (χ3n) is 3.82. The van der Waals surface area contributed by atoms with Crippen LogP contribution >= 0.6 is 0 Å². The molecule has 1 atom stereocenters. The molecule has 4 nitrogen and oxygen atoms in total. The van der Waals surface area contributed by atoms with E-state index in [0.29, 0.717) is 6.42 Å². The van der Waals surface area contributed by atoms with E-state index in [9.17, 15) is 13.2 Å². The lowest BCUT2D eigenvalue weighted by Crippen LogP contribution is -2.36. The molecule has 0 bridgehead atoms. The van der Waals surface area contributed by atoms with Crippen molar-refractivity contribution in [2.45, 2.75) is 51.2 Å². The molecule has 124 valence electrons. The Labute approximate surface area is 134 Å². The van der Waals surface area contributed by atoms with Gasteiger partial charge in [0.1, 0.15) is 0 Å². The molecule has 0 aliphatic heterocycles. The Morgan fingerprint density at radius 1 is 1.18 bits per heavy atom. The van der Waals surface area contributed by atoms with E-state index in [0.717, 1.165) is 12.0 Å². The van der Waals surface area contributed by atoms with Crippen LogP contribution in [-0.4, -0.2) is 31.4 Å². The molecule has 0 saturated heterocycles. The maximum Gasteiger partial charge on any atom is 0.220 e. The standard InChI is InChI=1S/C17H27NO3S/c1-5-14(15-9-7-6-8-10-15)13-16(19)18-11-12-22(20,21)17(2,3)4/h6-10,14H,5,11-13H2,1-4H3,(H,18,19). The highest BCUT2D eigenvalue weighted by atomic mass is 32.2. The van der Waals surface area contributed by atoms with Crippen molar-refractivity contribution in [2.24, 2.45) is 0 Å². The van der Waals surface area contributed by atoms with Gasteiger partial charge in [0.15, 0.2) is 9.84 Å². The van der Waals surface area contributed by atoms with Gasteiger partial charge >= 0.3 is 0 Å². The number of amides is 1. The molecule has 1 aromatic carbocycles. The molecule has 0 saturated carbocycles. The SMILES string of the molecule is CCC(CC(=O)NCCS(=O)(=O)C(C)(C)C)c1ccccc1. The number of carbonyl (C=O) groups excluding carboxylic acids is 1. The first-order valence-corrected chi connectivity index (χ1v) is 9.36. The average molecular weight is 325 g/mol. The Hall–Kier alpha value is -1.36. The number of hydrogen-bond donors (Lipinski definition) is 1. The fourth-order valence-corrected chi connectivity index (χ4v) is 3.13. The monoisotopic (exact) mass is 325 g/mol. The predicted octanol–water partition coefficient (Wildman–Crippen LogP) is 2.90. The van der Waals surface area contributed by atoms with Crippen molar-refractivity contribution in [1.82, 2.24) is 5.32 Å². The Kier molecular flexibility index (Phi) is 6.60. The van der Waals surface area contributed by atoms with E-state index in [1.54, 1.807) is 20.8 Å². The topological polar surface area (TPSA) is 63.2 Å². The fourth-order valence-electron chi connectivity index (χ4n) is 2.15. The molecule has 0 aromatic heterocycles. The van der Waals surface area contributed by atoms with Crippen LogP contribution in [0.3, 0.4) is 0 Å². The molecule has 0 heterocycles. The Morgan fingerprint density at radius 2 is 1.77 bits per heavy atom. The highest BCUT2D eigenvalue weighted by Crippen LogP contribution is 2.22. The maximum absolute atomic E-state index is 12.0. The Morgan fingerprint density at radius 3 is 2.27 bits per heavy atom. The number of hydrogen-bond acceptors (Lipinski definition) is 3. The van der Waals surface area contributed by atoms with Crippen LogP contribution in [0.4, 0.5) is 0 Å². The van der Waals surface area contributed by atoms with Gasteiger partial charge in [-0.25, -0.2) is 8.42 Å². The van der Waals surface area contributed by atoms with Gasteiger partial charge in [0.05, 0.1) is 10.5 Å². The summed E-state index contributed by atoms with van der Waals surface area (Å²) < 4.78 is 23.2. The highest BCUT2D eigenvalue weighted by Gasteiger charge is 2.28. The van der Waals surface area contributed by atoms with Gasteiger partial charge in [-0.05, 0) is 38.7 Å². The molecule has 22 heavy (non-hydrogen) atoms. The smallest absolute Gasteiger partial charge is 0.220 e. The van der Waals surface area contributed by atoms with Gasteiger partial charge in [-0.2, -0.15) is 0 Å². The van der Waals surface area contributed by atoms with Gasteiger partial charge < -0.3 is 5.32 Å². The van der Waals surface area contributed by atoms with Crippen molar-refractivity contribution >= 4 is 15.7 Å². The molecule has 0 aliphatic rings. The second kappa shape index (κ2) is 7.77. The summed E-state index contributed by atoms with van der Waals surface area (Å²) in [6, 6.07) is 9.92. The summed E-state index contributed by atoms with van der Waals surface area (Å²) in [7, 11) is -3.19. The molecular weight excluding hydrogens is 298 g/mol. The normalized spacial score (nSPS) is 13.6. The number of sulfone groups is 1. The average Bonchev–Trinajstić information content (AvgIpc) is 2.44. The second-order valence-corrected chi connectivity index (χ2v) is 9.36. The minimum Gasteiger partial charge on any atom is -0.355 e. The number of nitrogens with one attached hydrogen (secondary N) is 1.